The summed E-state index contributed by atoms with van der Waals surface area (Å²) < 4.78 is 5.82. The van der Waals surface area contributed by atoms with Gasteiger partial charge in [-0.05, 0) is 49.9 Å². The van der Waals surface area contributed by atoms with E-state index < -0.39 is 0 Å². The van der Waals surface area contributed by atoms with Gasteiger partial charge >= 0.3 is 0 Å². The number of ether oxygens (including phenoxy) is 1. The van der Waals surface area contributed by atoms with Crippen LogP contribution in [0.3, 0.4) is 0 Å². The minimum absolute atomic E-state index is 0.0589. The molecule has 174 valence electrons. The van der Waals surface area contributed by atoms with Crippen LogP contribution in [0.15, 0.2) is 71.8 Å². The lowest BCUT2D eigenvalue weighted by molar-refractivity contribution is -0.117. The molecule has 0 unspecified atom stereocenters. The first kappa shape index (κ1) is 23.2. The number of amides is 2. The lowest BCUT2D eigenvalue weighted by atomic mass is 9.97. The van der Waals surface area contributed by atoms with E-state index in [1.165, 1.54) is 5.56 Å². The number of benzene rings is 3. The van der Waals surface area contributed by atoms with E-state index in [-0.39, 0.29) is 12.0 Å². The fourth-order valence-electron chi connectivity index (χ4n) is 4.22. The van der Waals surface area contributed by atoms with E-state index in [9.17, 15) is 9.59 Å². The summed E-state index contributed by atoms with van der Waals surface area (Å²) in [4.78, 5) is 25.9. The first-order chi connectivity index (χ1) is 16.5. The van der Waals surface area contributed by atoms with Gasteiger partial charge in [0.05, 0.1) is 23.9 Å². The maximum Gasteiger partial charge on any atom is 0.231 e. The fourth-order valence-corrected chi connectivity index (χ4v) is 4.22. The van der Waals surface area contributed by atoms with Gasteiger partial charge in [-0.1, -0.05) is 54.6 Å². The van der Waals surface area contributed by atoms with Crippen LogP contribution in [-0.2, 0) is 22.4 Å². The van der Waals surface area contributed by atoms with E-state index in [1.807, 2.05) is 86.3 Å². The number of aryl methyl sites for hydroxylation is 1. The highest BCUT2D eigenvalue weighted by Crippen LogP contribution is 2.32. The Balaban J connectivity index is 1.52. The predicted octanol–water partition coefficient (Wildman–Crippen LogP) is 4.41. The number of nitrogens with one attached hydrogen (secondary N) is 1. The Kier molecular flexibility index (Phi) is 7.07. The Morgan fingerprint density at radius 3 is 2.59 bits per heavy atom. The monoisotopic (exact) mass is 455 g/mol. The molecule has 6 nitrogen and oxygen atoms in total. The summed E-state index contributed by atoms with van der Waals surface area (Å²) in [6, 6.07) is 21.6. The van der Waals surface area contributed by atoms with Crippen molar-refractivity contribution in [3.05, 3.63) is 94.5 Å². The van der Waals surface area contributed by atoms with Gasteiger partial charge in [-0.3, -0.25) is 9.59 Å². The van der Waals surface area contributed by atoms with E-state index in [4.69, 9.17) is 4.74 Å². The first-order valence-electron chi connectivity index (χ1n) is 11.5. The summed E-state index contributed by atoms with van der Waals surface area (Å²) >= 11 is 0. The summed E-state index contributed by atoms with van der Waals surface area (Å²) in [5.74, 6) is 0.841. The van der Waals surface area contributed by atoms with Gasteiger partial charge in [0.15, 0.2) is 0 Å². The lowest BCUT2D eigenvalue weighted by Crippen LogP contribution is -2.30. The highest BCUT2D eigenvalue weighted by Gasteiger charge is 2.25. The van der Waals surface area contributed by atoms with Crippen molar-refractivity contribution in [2.45, 2.75) is 39.7 Å². The average Bonchev–Trinajstić information content (AvgIpc) is 3.24. The molecule has 0 radical (unpaired) electrons. The van der Waals surface area contributed by atoms with Crippen LogP contribution < -0.4 is 15.1 Å². The second-order valence-electron chi connectivity index (χ2n) is 8.65. The van der Waals surface area contributed by atoms with Crippen LogP contribution in [0.1, 0.15) is 41.7 Å². The molecule has 0 saturated heterocycles. The van der Waals surface area contributed by atoms with Crippen molar-refractivity contribution < 1.29 is 14.3 Å². The number of hydrogen-bond donors (Lipinski definition) is 1. The largest absolute Gasteiger partial charge is 0.491 e. The smallest absolute Gasteiger partial charge is 0.231 e. The molecule has 1 aliphatic rings. The van der Waals surface area contributed by atoms with E-state index in [1.54, 1.807) is 0 Å². The fraction of sp³-hybridized carbons (Fsp3) is 0.250. The number of hydrogen-bond acceptors (Lipinski definition) is 4. The van der Waals surface area contributed by atoms with E-state index >= 15 is 0 Å². The maximum atomic E-state index is 13.1. The zero-order valence-corrected chi connectivity index (χ0v) is 19.7. The molecular formula is C28H29N3O3. The summed E-state index contributed by atoms with van der Waals surface area (Å²) in [6.07, 6.45) is 1.79. The van der Waals surface area contributed by atoms with E-state index in [0.717, 1.165) is 40.1 Å². The molecule has 1 aliphatic heterocycles. The number of nitrogens with zero attached hydrogens (tertiary/aromatic N) is 2. The molecule has 1 heterocycles. The second-order valence-corrected chi connectivity index (χ2v) is 8.65. The SMILES string of the molecule is Cc1ccccc1/C(=N\NC=O)c1ccc(CC(=O)N2CCc3ccc(OC(C)C)cc32)cc1. The Labute approximate surface area is 200 Å². The Morgan fingerprint density at radius 2 is 1.88 bits per heavy atom. The number of fused-ring (bicyclic) bond motifs is 1. The third kappa shape index (κ3) is 5.17. The Hall–Kier alpha value is -3.93. The molecule has 3 aromatic rings. The van der Waals surface area contributed by atoms with Crippen LogP contribution >= 0.6 is 0 Å². The van der Waals surface area contributed by atoms with E-state index in [2.05, 4.69) is 16.6 Å². The Morgan fingerprint density at radius 1 is 1.12 bits per heavy atom. The maximum absolute atomic E-state index is 13.1. The summed E-state index contributed by atoms with van der Waals surface area (Å²) in [6.45, 7) is 6.66. The van der Waals surface area contributed by atoms with Crippen molar-refractivity contribution in [3.63, 3.8) is 0 Å². The predicted molar refractivity (Wildman–Crippen MR) is 134 cm³/mol. The number of carbonyl (C=O) groups excluding carboxylic acids is 2. The van der Waals surface area contributed by atoms with Crippen molar-refractivity contribution in [2.75, 3.05) is 11.4 Å². The van der Waals surface area contributed by atoms with Gasteiger partial charge in [0.1, 0.15) is 5.75 Å². The minimum Gasteiger partial charge on any atom is -0.491 e. The molecule has 0 spiro atoms. The molecule has 0 bridgehead atoms. The van der Waals surface area contributed by atoms with Crippen LogP contribution in [0.2, 0.25) is 0 Å². The number of rotatable bonds is 8. The van der Waals surface area contributed by atoms with Gasteiger partial charge in [0.2, 0.25) is 12.3 Å². The third-order valence-corrected chi connectivity index (χ3v) is 5.84. The van der Waals surface area contributed by atoms with Gasteiger partial charge in [0.25, 0.3) is 0 Å². The van der Waals surface area contributed by atoms with Crippen molar-refractivity contribution in [2.24, 2.45) is 5.10 Å². The first-order valence-corrected chi connectivity index (χ1v) is 11.5. The summed E-state index contributed by atoms with van der Waals surface area (Å²) in [5, 5.41) is 4.26. The second kappa shape index (κ2) is 10.3. The molecule has 6 heteroatoms. The quantitative estimate of drug-likeness (QED) is 0.311. The number of carbonyl (C=O) groups is 2. The molecule has 0 saturated carbocycles. The minimum atomic E-state index is 0.0589. The van der Waals surface area contributed by atoms with Crippen LogP contribution in [0, 0.1) is 6.92 Å². The van der Waals surface area contributed by atoms with Gasteiger partial charge in [-0.2, -0.15) is 5.10 Å². The summed E-state index contributed by atoms with van der Waals surface area (Å²) in [7, 11) is 0. The topological polar surface area (TPSA) is 71.0 Å². The van der Waals surface area contributed by atoms with E-state index in [0.29, 0.717) is 25.1 Å². The van der Waals surface area contributed by atoms with Gasteiger partial charge in [-0.15, -0.1) is 0 Å². The van der Waals surface area contributed by atoms with Crippen LogP contribution in [-0.4, -0.2) is 30.7 Å². The highest BCUT2D eigenvalue weighted by molar-refractivity contribution is 6.13. The zero-order chi connectivity index (χ0) is 24.1. The third-order valence-electron chi connectivity index (χ3n) is 5.84. The molecule has 3 aromatic carbocycles. The van der Waals surface area contributed by atoms with Gasteiger partial charge < -0.3 is 9.64 Å². The standard InChI is InChI=1S/C28H29N3O3/c1-19(2)34-24-13-12-22-14-15-31(26(22)17-24)27(33)16-21-8-10-23(11-9-21)28(30-29-18-32)25-7-5-4-6-20(25)3/h4-13,17-19H,14-16H2,1-3H3,(H,29,32)/b30-28-. The van der Waals surface area contributed by atoms with Crippen LogP contribution in [0.5, 0.6) is 5.75 Å². The number of hydrazone groups is 1. The molecular weight excluding hydrogens is 426 g/mol. The van der Waals surface area contributed by atoms with Crippen LogP contribution in [0.4, 0.5) is 5.69 Å². The van der Waals surface area contributed by atoms with Gasteiger partial charge in [0, 0.05) is 23.7 Å². The van der Waals surface area contributed by atoms with Crippen molar-refractivity contribution in [1.29, 1.82) is 0 Å². The molecule has 0 aromatic heterocycles. The van der Waals surface area contributed by atoms with Gasteiger partial charge in [-0.25, -0.2) is 5.43 Å². The summed E-state index contributed by atoms with van der Waals surface area (Å²) in [5.41, 5.74) is 8.98. The Bertz CT molecular complexity index is 1220. The average molecular weight is 456 g/mol. The normalized spacial score (nSPS) is 13.1. The lowest BCUT2D eigenvalue weighted by Gasteiger charge is -2.19. The molecule has 0 aliphatic carbocycles. The molecule has 4 rings (SSSR count). The molecule has 34 heavy (non-hydrogen) atoms. The molecule has 1 N–H and O–H groups in total. The molecule has 0 fully saturated rings. The van der Waals surface area contributed by atoms with Crippen molar-refractivity contribution in [3.8, 4) is 5.75 Å². The zero-order valence-electron chi connectivity index (χ0n) is 19.7. The van der Waals surface area contributed by atoms with Crippen molar-refractivity contribution >= 4 is 23.7 Å². The highest BCUT2D eigenvalue weighted by atomic mass is 16.5. The van der Waals surface area contributed by atoms with Crippen molar-refractivity contribution in [1.82, 2.24) is 5.43 Å². The molecule has 0 atom stereocenters. The van der Waals surface area contributed by atoms with Crippen LogP contribution in [0.25, 0.3) is 0 Å². The molecule has 2 amide bonds. The number of anilines is 1.